The Morgan fingerprint density at radius 3 is 2.19 bits per heavy atom. The predicted molar refractivity (Wildman–Crippen MR) is 125 cm³/mol. The van der Waals surface area contributed by atoms with E-state index in [0.717, 1.165) is 55.6 Å². The zero-order valence-electron chi connectivity index (χ0n) is 19.0. The minimum Gasteiger partial charge on any atom is -0.497 e. The molecule has 1 fully saturated rings. The number of hydrogen-bond acceptors (Lipinski definition) is 6. The summed E-state index contributed by atoms with van der Waals surface area (Å²) in [4.78, 5) is 19.3. The molecule has 7 heteroatoms. The second-order valence-corrected chi connectivity index (χ2v) is 8.01. The summed E-state index contributed by atoms with van der Waals surface area (Å²) in [5.74, 6) is 1.71. The van der Waals surface area contributed by atoms with Gasteiger partial charge < -0.3 is 19.7 Å². The molecule has 1 atom stereocenters. The first kappa shape index (κ1) is 22.9. The molecule has 0 spiro atoms. The van der Waals surface area contributed by atoms with Crippen LogP contribution in [0.3, 0.4) is 0 Å². The summed E-state index contributed by atoms with van der Waals surface area (Å²) in [7, 11) is 5.66. The Balaban J connectivity index is 1.38. The van der Waals surface area contributed by atoms with E-state index >= 15 is 0 Å². The van der Waals surface area contributed by atoms with Gasteiger partial charge in [0, 0.05) is 58.2 Å². The Hall–Kier alpha value is -2.77. The van der Waals surface area contributed by atoms with Gasteiger partial charge in [-0.2, -0.15) is 0 Å². The van der Waals surface area contributed by atoms with E-state index in [1.807, 2.05) is 74.4 Å². The molecule has 2 aromatic carbocycles. The van der Waals surface area contributed by atoms with Crippen molar-refractivity contribution < 1.29 is 14.3 Å². The highest BCUT2D eigenvalue weighted by atomic mass is 16.5. The molecule has 168 valence electrons. The molecule has 0 radical (unpaired) electrons. The number of anilines is 2. The highest BCUT2D eigenvalue weighted by Gasteiger charge is 2.25. The summed E-state index contributed by atoms with van der Waals surface area (Å²) in [5, 5.41) is 3.04. The SMILES string of the molecule is COc1ccc(OCCN2CCN([C@@H](C)C(=O)Nc3ccc(N(C)C)cc3)CC2)cc1. The average molecular weight is 427 g/mol. The number of methoxy groups -OCH3 is 1. The first-order valence-corrected chi connectivity index (χ1v) is 10.8. The Kier molecular flexibility index (Phi) is 8.14. The molecule has 0 unspecified atom stereocenters. The van der Waals surface area contributed by atoms with Crippen LogP contribution in [0.25, 0.3) is 0 Å². The van der Waals surface area contributed by atoms with E-state index in [1.54, 1.807) is 7.11 Å². The molecule has 0 aliphatic carbocycles. The highest BCUT2D eigenvalue weighted by molar-refractivity contribution is 5.94. The van der Waals surface area contributed by atoms with Crippen LogP contribution in [0.1, 0.15) is 6.92 Å². The molecule has 1 saturated heterocycles. The maximum absolute atomic E-state index is 12.7. The minimum atomic E-state index is -0.161. The Morgan fingerprint density at radius 2 is 1.61 bits per heavy atom. The molecule has 7 nitrogen and oxygen atoms in total. The smallest absolute Gasteiger partial charge is 0.241 e. The number of carbonyl (C=O) groups is 1. The third kappa shape index (κ3) is 6.60. The van der Waals surface area contributed by atoms with Gasteiger partial charge in [0.15, 0.2) is 0 Å². The van der Waals surface area contributed by atoms with E-state index in [2.05, 4.69) is 15.1 Å². The molecule has 2 aromatic rings. The molecular formula is C24H34N4O3. The number of rotatable bonds is 9. The molecule has 1 amide bonds. The van der Waals surface area contributed by atoms with Crippen molar-refractivity contribution in [2.45, 2.75) is 13.0 Å². The highest BCUT2D eigenvalue weighted by Crippen LogP contribution is 2.18. The van der Waals surface area contributed by atoms with Crippen LogP contribution in [0, 0.1) is 0 Å². The molecule has 0 bridgehead atoms. The van der Waals surface area contributed by atoms with Gasteiger partial charge in [-0.25, -0.2) is 0 Å². The lowest BCUT2D eigenvalue weighted by Gasteiger charge is -2.37. The normalized spacial score (nSPS) is 15.9. The number of nitrogens with zero attached hydrogens (tertiary/aromatic N) is 3. The van der Waals surface area contributed by atoms with E-state index in [4.69, 9.17) is 9.47 Å². The Labute approximate surface area is 185 Å². The third-order valence-corrected chi connectivity index (χ3v) is 5.72. The van der Waals surface area contributed by atoms with Crippen molar-refractivity contribution >= 4 is 17.3 Å². The minimum absolute atomic E-state index is 0.0360. The summed E-state index contributed by atoms with van der Waals surface area (Å²) >= 11 is 0. The summed E-state index contributed by atoms with van der Waals surface area (Å²) < 4.78 is 11.0. The molecule has 31 heavy (non-hydrogen) atoms. The van der Waals surface area contributed by atoms with Gasteiger partial charge in [0.2, 0.25) is 5.91 Å². The van der Waals surface area contributed by atoms with Gasteiger partial charge >= 0.3 is 0 Å². The van der Waals surface area contributed by atoms with Gasteiger partial charge in [-0.1, -0.05) is 0 Å². The fourth-order valence-electron chi connectivity index (χ4n) is 3.59. The molecule has 1 heterocycles. The Bertz CT molecular complexity index is 816. The first-order chi connectivity index (χ1) is 15.0. The molecule has 0 saturated carbocycles. The summed E-state index contributed by atoms with van der Waals surface area (Å²) in [6, 6.07) is 15.4. The van der Waals surface area contributed by atoms with Crippen LogP contribution in [0.2, 0.25) is 0 Å². The van der Waals surface area contributed by atoms with E-state index < -0.39 is 0 Å². The standard InChI is InChI=1S/C24H34N4O3/c1-19(24(29)25-20-5-7-21(8-6-20)26(2)3)28-15-13-27(14-16-28)17-18-31-23-11-9-22(30-4)10-12-23/h5-12,19H,13-18H2,1-4H3,(H,25,29)/t19-/m0/s1. The van der Waals surface area contributed by atoms with Crippen molar-refractivity contribution in [2.24, 2.45) is 0 Å². The second kappa shape index (κ2) is 11.0. The van der Waals surface area contributed by atoms with Crippen LogP contribution < -0.4 is 19.7 Å². The lowest BCUT2D eigenvalue weighted by Crippen LogP contribution is -2.53. The lowest BCUT2D eigenvalue weighted by molar-refractivity contribution is -0.121. The van der Waals surface area contributed by atoms with Gasteiger partial charge in [-0.15, -0.1) is 0 Å². The molecule has 0 aromatic heterocycles. The van der Waals surface area contributed by atoms with Gasteiger partial charge in [0.25, 0.3) is 0 Å². The van der Waals surface area contributed by atoms with Crippen LogP contribution in [0.15, 0.2) is 48.5 Å². The van der Waals surface area contributed by atoms with Crippen molar-refractivity contribution in [3.8, 4) is 11.5 Å². The quantitative estimate of drug-likeness (QED) is 0.666. The fraction of sp³-hybridized carbons (Fsp3) is 0.458. The maximum atomic E-state index is 12.7. The largest absolute Gasteiger partial charge is 0.497 e. The predicted octanol–water partition coefficient (Wildman–Crippen LogP) is 2.78. The number of nitrogens with one attached hydrogen (secondary N) is 1. The second-order valence-electron chi connectivity index (χ2n) is 8.01. The van der Waals surface area contributed by atoms with E-state index in [-0.39, 0.29) is 11.9 Å². The molecule has 1 aliphatic heterocycles. The topological polar surface area (TPSA) is 57.3 Å². The number of carbonyl (C=O) groups excluding carboxylic acids is 1. The van der Waals surface area contributed by atoms with Gasteiger partial charge in [0.1, 0.15) is 18.1 Å². The van der Waals surface area contributed by atoms with Crippen LogP contribution >= 0.6 is 0 Å². The maximum Gasteiger partial charge on any atom is 0.241 e. The van der Waals surface area contributed by atoms with Gasteiger partial charge in [-0.05, 0) is 55.5 Å². The zero-order chi connectivity index (χ0) is 22.2. The van der Waals surface area contributed by atoms with Crippen molar-refractivity contribution in [3.63, 3.8) is 0 Å². The average Bonchev–Trinajstić information content (AvgIpc) is 2.80. The monoisotopic (exact) mass is 426 g/mol. The van der Waals surface area contributed by atoms with Crippen molar-refractivity contribution in [3.05, 3.63) is 48.5 Å². The molecular weight excluding hydrogens is 392 g/mol. The zero-order valence-corrected chi connectivity index (χ0v) is 19.0. The number of hydrogen-bond donors (Lipinski definition) is 1. The van der Waals surface area contributed by atoms with Crippen LogP contribution in [-0.4, -0.2) is 82.3 Å². The fourth-order valence-corrected chi connectivity index (χ4v) is 3.59. The van der Waals surface area contributed by atoms with Crippen molar-refractivity contribution in [1.82, 2.24) is 9.80 Å². The van der Waals surface area contributed by atoms with E-state index in [9.17, 15) is 4.79 Å². The number of piperazine rings is 1. The Morgan fingerprint density at radius 1 is 1.00 bits per heavy atom. The van der Waals surface area contributed by atoms with Crippen LogP contribution in [-0.2, 0) is 4.79 Å². The first-order valence-electron chi connectivity index (χ1n) is 10.8. The molecule has 1 aliphatic rings. The molecule has 1 N–H and O–H groups in total. The number of benzene rings is 2. The van der Waals surface area contributed by atoms with Crippen molar-refractivity contribution in [2.75, 3.05) is 70.8 Å². The van der Waals surface area contributed by atoms with Crippen LogP contribution in [0.5, 0.6) is 11.5 Å². The van der Waals surface area contributed by atoms with Gasteiger partial charge in [0.05, 0.1) is 13.2 Å². The van der Waals surface area contributed by atoms with Gasteiger partial charge in [-0.3, -0.25) is 14.6 Å². The third-order valence-electron chi connectivity index (χ3n) is 5.72. The van der Waals surface area contributed by atoms with E-state index in [0.29, 0.717) is 6.61 Å². The molecule has 3 rings (SSSR count). The van der Waals surface area contributed by atoms with Crippen molar-refractivity contribution in [1.29, 1.82) is 0 Å². The van der Waals surface area contributed by atoms with E-state index in [1.165, 1.54) is 0 Å². The number of amides is 1. The summed E-state index contributed by atoms with van der Waals surface area (Å²) in [5.41, 5.74) is 1.94. The summed E-state index contributed by atoms with van der Waals surface area (Å²) in [6.07, 6.45) is 0. The lowest BCUT2D eigenvalue weighted by atomic mass is 10.2. The van der Waals surface area contributed by atoms with Crippen LogP contribution in [0.4, 0.5) is 11.4 Å². The summed E-state index contributed by atoms with van der Waals surface area (Å²) in [6.45, 7) is 7.10. The number of ether oxygens (including phenoxy) is 2.